The molecule has 0 radical (unpaired) electrons. The predicted molar refractivity (Wildman–Crippen MR) is 101 cm³/mol. The van der Waals surface area contributed by atoms with Gasteiger partial charge in [0.15, 0.2) is 6.61 Å². The maximum atomic E-state index is 11.8. The summed E-state index contributed by atoms with van der Waals surface area (Å²) in [6, 6.07) is 13.3. The molecule has 2 aromatic rings. The minimum absolute atomic E-state index is 0.0380. The minimum atomic E-state index is -0.187. The standard InChI is InChI=1S/C20H24ClNO3/c1-14(2)17-6-4-5-7-19(17)24-11-10-22-20(23)13-25-16-8-9-18(21)15(3)12-16/h4-9,12,14H,10-11,13H2,1-3H3,(H,22,23). The third-order valence-electron chi connectivity index (χ3n) is 3.72. The van der Waals surface area contributed by atoms with Gasteiger partial charge in [0.1, 0.15) is 18.1 Å². The monoisotopic (exact) mass is 361 g/mol. The number of para-hydroxylation sites is 1. The number of aryl methyl sites for hydroxylation is 1. The summed E-state index contributed by atoms with van der Waals surface area (Å²) in [6.45, 7) is 6.94. The number of ether oxygens (including phenoxy) is 2. The molecular formula is C20H24ClNO3. The number of benzene rings is 2. The SMILES string of the molecule is Cc1cc(OCC(=O)NCCOc2ccccc2C(C)C)ccc1Cl. The highest BCUT2D eigenvalue weighted by Gasteiger charge is 2.07. The molecule has 134 valence electrons. The molecule has 0 unspecified atom stereocenters. The second-order valence-electron chi connectivity index (χ2n) is 6.09. The van der Waals surface area contributed by atoms with E-state index in [9.17, 15) is 4.79 Å². The fourth-order valence-corrected chi connectivity index (χ4v) is 2.46. The number of hydrogen-bond donors (Lipinski definition) is 1. The van der Waals surface area contributed by atoms with Crippen LogP contribution in [0.5, 0.6) is 11.5 Å². The third-order valence-corrected chi connectivity index (χ3v) is 4.15. The molecule has 4 nitrogen and oxygen atoms in total. The van der Waals surface area contributed by atoms with Crippen LogP contribution in [-0.4, -0.2) is 25.7 Å². The van der Waals surface area contributed by atoms with Gasteiger partial charge in [-0.1, -0.05) is 43.6 Å². The van der Waals surface area contributed by atoms with Crippen LogP contribution in [0.3, 0.4) is 0 Å². The van der Waals surface area contributed by atoms with Crippen LogP contribution < -0.4 is 14.8 Å². The van der Waals surface area contributed by atoms with E-state index in [1.54, 1.807) is 12.1 Å². The van der Waals surface area contributed by atoms with Crippen LogP contribution in [0.15, 0.2) is 42.5 Å². The Bertz CT molecular complexity index is 716. The van der Waals surface area contributed by atoms with E-state index >= 15 is 0 Å². The molecule has 0 aromatic heterocycles. The fourth-order valence-electron chi connectivity index (χ4n) is 2.35. The van der Waals surface area contributed by atoms with E-state index in [-0.39, 0.29) is 12.5 Å². The molecule has 0 fully saturated rings. The first-order valence-corrected chi connectivity index (χ1v) is 8.72. The van der Waals surface area contributed by atoms with Gasteiger partial charge < -0.3 is 14.8 Å². The molecule has 0 saturated heterocycles. The normalized spacial score (nSPS) is 10.6. The molecule has 0 aliphatic rings. The molecule has 0 heterocycles. The van der Waals surface area contributed by atoms with Crippen molar-refractivity contribution in [2.45, 2.75) is 26.7 Å². The Hall–Kier alpha value is -2.20. The molecule has 1 amide bonds. The smallest absolute Gasteiger partial charge is 0.258 e. The summed E-state index contributed by atoms with van der Waals surface area (Å²) in [6.07, 6.45) is 0. The molecule has 0 saturated carbocycles. The third kappa shape index (κ3) is 5.98. The van der Waals surface area contributed by atoms with Crippen molar-refractivity contribution >= 4 is 17.5 Å². The lowest BCUT2D eigenvalue weighted by atomic mass is 10.0. The Morgan fingerprint density at radius 2 is 1.92 bits per heavy atom. The summed E-state index contributed by atoms with van der Waals surface area (Å²) in [5, 5.41) is 3.46. The largest absolute Gasteiger partial charge is 0.491 e. The lowest BCUT2D eigenvalue weighted by molar-refractivity contribution is -0.123. The van der Waals surface area contributed by atoms with Crippen molar-refractivity contribution in [2.75, 3.05) is 19.8 Å². The van der Waals surface area contributed by atoms with Crippen molar-refractivity contribution in [3.05, 3.63) is 58.6 Å². The zero-order valence-electron chi connectivity index (χ0n) is 14.8. The van der Waals surface area contributed by atoms with Gasteiger partial charge in [-0.25, -0.2) is 0 Å². The second-order valence-corrected chi connectivity index (χ2v) is 6.50. The Kier molecular flexibility index (Phi) is 7.14. The van der Waals surface area contributed by atoms with Gasteiger partial charge in [-0.15, -0.1) is 0 Å². The number of halogens is 1. The summed E-state index contributed by atoms with van der Waals surface area (Å²) >= 11 is 5.96. The van der Waals surface area contributed by atoms with Crippen molar-refractivity contribution in [1.82, 2.24) is 5.32 Å². The molecule has 2 rings (SSSR count). The van der Waals surface area contributed by atoms with Crippen LogP contribution in [0.25, 0.3) is 0 Å². The molecule has 0 aliphatic heterocycles. The lowest BCUT2D eigenvalue weighted by Gasteiger charge is -2.14. The maximum absolute atomic E-state index is 11.8. The van der Waals surface area contributed by atoms with Crippen LogP contribution in [0, 0.1) is 6.92 Å². The number of carbonyl (C=O) groups is 1. The topological polar surface area (TPSA) is 47.6 Å². The highest BCUT2D eigenvalue weighted by molar-refractivity contribution is 6.31. The number of nitrogens with one attached hydrogen (secondary N) is 1. The second kappa shape index (κ2) is 9.33. The van der Waals surface area contributed by atoms with Crippen molar-refractivity contribution in [3.8, 4) is 11.5 Å². The minimum Gasteiger partial charge on any atom is -0.491 e. The highest BCUT2D eigenvalue weighted by atomic mass is 35.5. The molecular weight excluding hydrogens is 338 g/mol. The number of carbonyl (C=O) groups excluding carboxylic acids is 1. The Morgan fingerprint density at radius 1 is 1.16 bits per heavy atom. The van der Waals surface area contributed by atoms with Gasteiger partial charge in [-0.05, 0) is 48.2 Å². The van der Waals surface area contributed by atoms with Crippen molar-refractivity contribution < 1.29 is 14.3 Å². The first-order chi connectivity index (χ1) is 12.0. The van der Waals surface area contributed by atoms with Crippen LogP contribution >= 0.6 is 11.6 Å². The van der Waals surface area contributed by atoms with Crippen molar-refractivity contribution in [3.63, 3.8) is 0 Å². The Balaban J connectivity index is 1.71. The number of rotatable bonds is 8. The summed E-state index contributed by atoms with van der Waals surface area (Å²) < 4.78 is 11.2. The van der Waals surface area contributed by atoms with Crippen LogP contribution in [-0.2, 0) is 4.79 Å². The molecule has 5 heteroatoms. The Morgan fingerprint density at radius 3 is 2.64 bits per heavy atom. The van der Waals surface area contributed by atoms with Gasteiger partial charge in [0.2, 0.25) is 0 Å². The molecule has 0 spiro atoms. The average molecular weight is 362 g/mol. The quantitative estimate of drug-likeness (QED) is 0.711. The van der Waals surface area contributed by atoms with Crippen LogP contribution in [0.1, 0.15) is 30.9 Å². The average Bonchev–Trinajstić information content (AvgIpc) is 2.60. The zero-order valence-corrected chi connectivity index (χ0v) is 15.6. The van der Waals surface area contributed by atoms with Crippen LogP contribution in [0.4, 0.5) is 0 Å². The van der Waals surface area contributed by atoms with E-state index in [2.05, 4.69) is 25.2 Å². The first kappa shape index (κ1) is 19.1. The molecule has 1 N–H and O–H groups in total. The first-order valence-electron chi connectivity index (χ1n) is 8.34. The van der Waals surface area contributed by atoms with Gasteiger partial charge in [-0.2, -0.15) is 0 Å². The van der Waals surface area contributed by atoms with E-state index in [1.165, 1.54) is 0 Å². The summed E-state index contributed by atoms with van der Waals surface area (Å²) in [5.74, 6) is 1.69. The van der Waals surface area contributed by atoms with E-state index < -0.39 is 0 Å². The van der Waals surface area contributed by atoms with E-state index in [1.807, 2.05) is 31.2 Å². The zero-order chi connectivity index (χ0) is 18.2. The lowest BCUT2D eigenvalue weighted by Crippen LogP contribution is -2.32. The van der Waals surface area contributed by atoms with E-state index in [4.69, 9.17) is 21.1 Å². The van der Waals surface area contributed by atoms with Gasteiger partial charge in [-0.3, -0.25) is 4.79 Å². The maximum Gasteiger partial charge on any atom is 0.258 e. The molecule has 2 aromatic carbocycles. The van der Waals surface area contributed by atoms with Gasteiger partial charge in [0.25, 0.3) is 5.91 Å². The Labute approximate surface area is 154 Å². The highest BCUT2D eigenvalue weighted by Crippen LogP contribution is 2.25. The van der Waals surface area contributed by atoms with Gasteiger partial charge >= 0.3 is 0 Å². The predicted octanol–water partition coefficient (Wildman–Crippen LogP) is 4.35. The molecule has 0 aliphatic carbocycles. The molecule has 0 bridgehead atoms. The van der Waals surface area contributed by atoms with Crippen LogP contribution in [0.2, 0.25) is 5.02 Å². The number of amides is 1. The fraction of sp³-hybridized carbons (Fsp3) is 0.350. The van der Waals surface area contributed by atoms with Gasteiger partial charge in [0, 0.05) is 5.02 Å². The summed E-state index contributed by atoms with van der Waals surface area (Å²) in [4.78, 5) is 11.8. The summed E-state index contributed by atoms with van der Waals surface area (Å²) in [7, 11) is 0. The van der Waals surface area contributed by atoms with E-state index in [0.717, 1.165) is 16.9 Å². The van der Waals surface area contributed by atoms with Gasteiger partial charge in [0.05, 0.1) is 6.54 Å². The van der Waals surface area contributed by atoms with Crippen molar-refractivity contribution in [1.29, 1.82) is 0 Å². The number of hydrogen-bond acceptors (Lipinski definition) is 3. The summed E-state index contributed by atoms with van der Waals surface area (Å²) in [5.41, 5.74) is 2.08. The van der Waals surface area contributed by atoms with Crippen molar-refractivity contribution in [2.24, 2.45) is 0 Å². The molecule has 0 atom stereocenters. The molecule has 25 heavy (non-hydrogen) atoms. The van der Waals surface area contributed by atoms with E-state index in [0.29, 0.717) is 29.8 Å².